The highest BCUT2D eigenvalue weighted by molar-refractivity contribution is 8.04. The summed E-state index contributed by atoms with van der Waals surface area (Å²) in [7, 11) is 1.55. The minimum atomic E-state index is -0.873. The van der Waals surface area contributed by atoms with E-state index in [0.29, 0.717) is 16.2 Å². The van der Waals surface area contributed by atoms with Gasteiger partial charge in [0, 0.05) is 22.9 Å². The first-order valence-corrected chi connectivity index (χ1v) is 12.9. The average Bonchev–Trinajstić information content (AvgIpc) is 2.93. The summed E-state index contributed by atoms with van der Waals surface area (Å²) >= 11 is 7.27. The molecular formula is C27H25ClN2O7S. The molecule has 1 saturated heterocycles. The van der Waals surface area contributed by atoms with E-state index < -0.39 is 29.3 Å². The number of thioether (sulfide) groups is 1. The van der Waals surface area contributed by atoms with E-state index in [2.05, 4.69) is 5.32 Å². The predicted octanol–water partition coefficient (Wildman–Crippen LogP) is 3.28. The van der Waals surface area contributed by atoms with Crippen molar-refractivity contribution in [2.45, 2.75) is 31.4 Å². The summed E-state index contributed by atoms with van der Waals surface area (Å²) in [6.07, 6.45) is 0.102. The van der Waals surface area contributed by atoms with E-state index in [9.17, 15) is 19.2 Å². The van der Waals surface area contributed by atoms with Gasteiger partial charge in [-0.15, -0.1) is 0 Å². The van der Waals surface area contributed by atoms with Crippen molar-refractivity contribution >= 4 is 47.1 Å². The molecule has 198 valence electrons. The second-order valence-corrected chi connectivity index (χ2v) is 9.81. The standard InChI is InChI=1S/C27H25ClN2O7S/c1-16(31)36-15-20-21(13-28)38-26-23(29-22(32)12-17-6-4-3-5-7-17)25(33)30(26)24(20)27(34)37-14-18-8-10-19(35-2)11-9-18/h3-11,13,23,26H,12,14-15H2,1-2H3,(H,29,32)/t23?,26-/m0/s1. The van der Waals surface area contributed by atoms with Gasteiger partial charge in [-0.25, -0.2) is 4.79 Å². The molecule has 4 rings (SSSR count). The number of rotatable bonds is 9. The maximum absolute atomic E-state index is 13.3. The van der Waals surface area contributed by atoms with Crippen molar-refractivity contribution in [2.75, 3.05) is 13.7 Å². The molecule has 1 unspecified atom stereocenters. The summed E-state index contributed by atoms with van der Waals surface area (Å²) in [6, 6.07) is 15.2. The highest BCUT2D eigenvalue weighted by Crippen LogP contribution is 2.47. The van der Waals surface area contributed by atoms with Crippen LogP contribution in [0.4, 0.5) is 0 Å². The average molecular weight is 557 g/mol. The van der Waals surface area contributed by atoms with Gasteiger partial charge in [0.2, 0.25) is 5.91 Å². The van der Waals surface area contributed by atoms with Crippen LogP contribution in [-0.4, -0.2) is 53.8 Å². The molecule has 9 nitrogen and oxygen atoms in total. The van der Waals surface area contributed by atoms with E-state index in [1.165, 1.54) is 29.1 Å². The molecule has 2 atom stereocenters. The second-order valence-electron chi connectivity index (χ2n) is 8.43. The molecule has 0 saturated carbocycles. The monoisotopic (exact) mass is 556 g/mol. The SMILES string of the molecule is COc1ccc(COC(=O)C2=C(COC(C)=O)C(=CCl)S[C@H]3C(NC(=O)Cc4ccccc4)C(=O)N23)cc1. The quantitative estimate of drug-likeness (QED) is 0.370. The van der Waals surface area contributed by atoms with E-state index in [4.69, 9.17) is 25.8 Å². The van der Waals surface area contributed by atoms with Gasteiger partial charge in [0.15, 0.2) is 0 Å². The lowest BCUT2D eigenvalue weighted by atomic mass is 10.0. The van der Waals surface area contributed by atoms with E-state index in [1.807, 2.05) is 30.3 Å². The summed E-state index contributed by atoms with van der Waals surface area (Å²) in [5, 5.41) is 2.13. The number of fused-ring (bicyclic) bond motifs is 1. The maximum Gasteiger partial charge on any atom is 0.355 e. The van der Waals surface area contributed by atoms with Gasteiger partial charge in [-0.2, -0.15) is 0 Å². The number of β-lactam (4-membered cyclic amide) rings is 1. The number of methoxy groups -OCH3 is 1. The molecule has 2 heterocycles. The molecule has 0 aliphatic carbocycles. The zero-order valence-corrected chi connectivity index (χ0v) is 22.2. The Labute approximate surface area is 228 Å². The van der Waals surface area contributed by atoms with Crippen molar-refractivity contribution in [1.82, 2.24) is 10.2 Å². The summed E-state index contributed by atoms with van der Waals surface area (Å²) < 4.78 is 15.8. The van der Waals surface area contributed by atoms with Crippen LogP contribution in [0.2, 0.25) is 0 Å². The van der Waals surface area contributed by atoms with Gasteiger partial charge >= 0.3 is 11.9 Å². The van der Waals surface area contributed by atoms with Gasteiger partial charge in [0.05, 0.1) is 13.5 Å². The van der Waals surface area contributed by atoms with Crippen LogP contribution in [0.5, 0.6) is 5.75 Å². The molecule has 2 amide bonds. The fourth-order valence-corrected chi connectivity index (χ4v) is 5.52. The molecular weight excluding hydrogens is 532 g/mol. The number of halogens is 1. The Kier molecular flexibility index (Phi) is 8.75. The smallest absolute Gasteiger partial charge is 0.355 e. The normalized spacial score (nSPS) is 19.4. The molecule has 38 heavy (non-hydrogen) atoms. The third-order valence-electron chi connectivity index (χ3n) is 5.88. The van der Waals surface area contributed by atoms with Gasteiger partial charge in [0.1, 0.15) is 36.1 Å². The van der Waals surface area contributed by atoms with E-state index in [1.54, 1.807) is 31.4 Å². The fourth-order valence-electron chi connectivity index (χ4n) is 3.99. The Bertz CT molecular complexity index is 1290. The third-order valence-corrected chi connectivity index (χ3v) is 7.57. The molecule has 2 aliphatic rings. The third kappa shape index (κ3) is 6.03. The molecule has 0 spiro atoms. The summed E-state index contributed by atoms with van der Waals surface area (Å²) in [4.78, 5) is 52.4. The molecule has 2 aromatic rings. The van der Waals surface area contributed by atoms with Crippen LogP contribution in [0.3, 0.4) is 0 Å². The van der Waals surface area contributed by atoms with E-state index >= 15 is 0 Å². The lowest BCUT2D eigenvalue weighted by Gasteiger charge is -2.50. The number of benzene rings is 2. The molecule has 1 fully saturated rings. The van der Waals surface area contributed by atoms with Crippen LogP contribution >= 0.6 is 23.4 Å². The number of carbonyl (C=O) groups is 4. The number of carbonyl (C=O) groups excluding carboxylic acids is 4. The number of ether oxygens (including phenoxy) is 3. The van der Waals surface area contributed by atoms with Crippen molar-refractivity contribution in [3.63, 3.8) is 0 Å². The molecule has 2 aromatic carbocycles. The van der Waals surface area contributed by atoms with Gasteiger partial charge in [-0.3, -0.25) is 19.3 Å². The maximum atomic E-state index is 13.3. The number of nitrogens with zero attached hydrogens (tertiary/aromatic N) is 1. The molecule has 11 heteroatoms. The Hall–Kier alpha value is -3.76. The van der Waals surface area contributed by atoms with Gasteiger partial charge < -0.3 is 19.5 Å². The van der Waals surface area contributed by atoms with Crippen molar-refractivity contribution in [3.05, 3.63) is 87.4 Å². The van der Waals surface area contributed by atoms with Gasteiger partial charge in [-0.1, -0.05) is 65.8 Å². The van der Waals surface area contributed by atoms with E-state index in [0.717, 1.165) is 5.56 Å². The number of amides is 2. The largest absolute Gasteiger partial charge is 0.497 e. The summed E-state index contributed by atoms with van der Waals surface area (Å²) in [5.41, 5.74) is 2.94. The highest BCUT2D eigenvalue weighted by Gasteiger charge is 2.55. The Balaban J connectivity index is 1.55. The zero-order valence-electron chi connectivity index (χ0n) is 20.6. The number of esters is 2. The van der Waals surface area contributed by atoms with Gasteiger partial charge in [0.25, 0.3) is 5.91 Å². The highest BCUT2D eigenvalue weighted by atomic mass is 35.5. The zero-order chi connectivity index (χ0) is 27.2. The topological polar surface area (TPSA) is 111 Å². The Morgan fingerprint density at radius 2 is 1.74 bits per heavy atom. The lowest BCUT2D eigenvalue weighted by molar-refractivity contribution is -0.153. The number of hydrogen-bond acceptors (Lipinski definition) is 8. The van der Waals surface area contributed by atoms with Crippen LogP contribution < -0.4 is 10.1 Å². The van der Waals surface area contributed by atoms with Crippen LogP contribution in [0, 0.1) is 0 Å². The number of hydrogen-bond donors (Lipinski definition) is 1. The lowest BCUT2D eigenvalue weighted by Crippen LogP contribution is -2.70. The van der Waals surface area contributed by atoms with Crippen molar-refractivity contribution in [3.8, 4) is 5.75 Å². The first kappa shape index (κ1) is 27.3. The Morgan fingerprint density at radius 1 is 1.03 bits per heavy atom. The van der Waals surface area contributed by atoms with Crippen LogP contribution in [0.1, 0.15) is 18.1 Å². The van der Waals surface area contributed by atoms with Crippen LogP contribution in [0.15, 0.2) is 76.3 Å². The second kappa shape index (κ2) is 12.2. The predicted molar refractivity (Wildman–Crippen MR) is 141 cm³/mol. The number of nitrogens with one attached hydrogen (secondary N) is 1. The first-order chi connectivity index (χ1) is 18.3. The first-order valence-electron chi connectivity index (χ1n) is 11.6. The van der Waals surface area contributed by atoms with Crippen LogP contribution in [-0.2, 0) is 41.7 Å². The van der Waals surface area contributed by atoms with Crippen molar-refractivity contribution in [2.24, 2.45) is 0 Å². The fraction of sp³-hybridized carbons (Fsp3) is 0.259. The molecule has 0 aromatic heterocycles. The summed E-state index contributed by atoms with van der Waals surface area (Å²) in [5.74, 6) is -1.50. The van der Waals surface area contributed by atoms with E-state index in [-0.39, 0.29) is 36.8 Å². The van der Waals surface area contributed by atoms with Crippen molar-refractivity contribution in [1.29, 1.82) is 0 Å². The van der Waals surface area contributed by atoms with Gasteiger partial charge in [-0.05, 0) is 23.3 Å². The Morgan fingerprint density at radius 3 is 2.37 bits per heavy atom. The molecule has 0 radical (unpaired) electrons. The minimum absolute atomic E-state index is 0.0653. The van der Waals surface area contributed by atoms with Crippen LogP contribution in [0.25, 0.3) is 0 Å². The molecule has 2 aliphatic heterocycles. The summed E-state index contributed by atoms with van der Waals surface area (Å²) in [6.45, 7) is 0.887. The molecule has 1 N–H and O–H groups in total. The minimum Gasteiger partial charge on any atom is -0.497 e. The van der Waals surface area contributed by atoms with Crippen molar-refractivity contribution < 1.29 is 33.4 Å². The molecule has 0 bridgehead atoms.